The predicted molar refractivity (Wildman–Crippen MR) is 70.9 cm³/mol. The second-order valence-electron chi connectivity index (χ2n) is 5.31. The number of nitrogens with two attached hydrogens (primary N) is 1. The summed E-state index contributed by atoms with van der Waals surface area (Å²) in [4.78, 5) is 0. The van der Waals surface area contributed by atoms with Crippen LogP contribution >= 0.6 is 0 Å². The van der Waals surface area contributed by atoms with Gasteiger partial charge in [-0.2, -0.15) is 0 Å². The molecule has 1 aliphatic rings. The average molecular weight is 233 g/mol. The molecule has 0 aromatic heterocycles. The van der Waals surface area contributed by atoms with Crippen LogP contribution in [0.15, 0.2) is 24.3 Å². The van der Waals surface area contributed by atoms with E-state index in [4.69, 9.17) is 5.73 Å². The standard InChI is InChI=1S/C15H23NO/c1-12(17)13-7-3-4-8-14(13)15(11-16)9-5-2-6-10-15/h3-4,7-8,12,17H,2,5-6,9-11,16H2,1H3. The number of aliphatic hydroxyl groups is 1. The molecular formula is C15H23NO. The van der Waals surface area contributed by atoms with Gasteiger partial charge in [-0.1, -0.05) is 43.5 Å². The predicted octanol–water partition coefficient (Wildman–Crippen LogP) is 2.90. The van der Waals surface area contributed by atoms with Crippen LogP contribution in [0.25, 0.3) is 0 Å². The number of benzene rings is 1. The second-order valence-corrected chi connectivity index (χ2v) is 5.31. The topological polar surface area (TPSA) is 46.2 Å². The van der Waals surface area contributed by atoms with Crippen LogP contribution < -0.4 is 5.73 Å². The van der Waals surface area contributed by atoms with E-state index in [2.05, 4.69) is 12.1 Å². The smallest absolute Gasteiger partial charge is 0.0764 e. The number of rotatable bonds is 3. The second kappa shape index (κ2) is 5.19. The minimum Gasteiger partial charge on any atom is -0.389 e. The van der Waals surface area contributed by atoms with Crippen LogP contribution in [0.2, 0.25) is 0 Å². The van der Waals surface area contributed by atoms with E-state index in [1.165, 1.54) is 24.8 Å². The van der Waals surface area contributed by atoms with Crippen molar-refractivity contribution in [3.8, 4) is 0 Å². The molecule has 0 radical (unpaired) electrons. The Hall–Kier alpha value is -0.860. The van der Waals surface area contributed by atoms with Crippen LogP contribution in [0.4, 0.5) is 0 Å². The van der Waals surface area contributed by atoms with Gasteiger partial charge in [-0.25, -0.2) is 0 Å². The number of aliphatic hydroxyl groups excluding tert-OH is 1. The lowest BCUT2D eigenvalue weighted by Gasteiger charge is -2.38. The molecule has 1 unspecified atom stereocenters. The van der Waals surface area contributed by atoms with Gasteiger partial charge in [0, 0.05) is 12.0 Å². The average Bonchev–Trinajstić information content (AvgIpc) is 2.39. The lowest BCUT2D eigenvalue weighted by molar-refractivity contribution is 0.193. The third-order valence-electron chi connectivity index (χ3n) is 4.18. The summed E-state index contributed by atoms with van der Waals surface area (Å²) in [5.41, 5.74) is 8.49. The van der Waals surface area contributed by atoms with E-state index in [0.29, 0.717) is 6.54 Å². The number of hydrogen-bond acceptors (Lipinski definition) is 2. The Balaban J connectivity index is 2.42. The Kier molecular flexibility index (Phi) is 3.85. The van der Waals surface area contributed by atoms with Crippen molar-refractivity contribution in [1.82, 2.24) is 0 Å². The molecule has 0 spiro atoms. The normalized spacial score (nSPS) is 21.1. The van der Waals surface area contributed by atoms with Crippen LogP contribution in [0.3, 0.4) is 0 Å². The highest BCUT2D eigenvalue weighted by atomic mass is 16.3. The molecule has 3 N–H and O–H groups in total. The molecule has 1 saturated carbocycles. The zero-order valence-electron chi connectivity index (χ0n) is 10.7. The molecule has 0 amide bonds. The first-order valence-electron chi connectivity index (χ1n) is 6.67. The van der Waals surface area contributed by atoms with Crippen molar-refractivity contribution in [3.63, 3.8) is 0 Å². The van der Waals surface area contributed by atoms with Gasteiger partial charge in [0.1, 0.15) is 0 Å². The molecule has 2 nitrogen and oxygen atoms in total. The summed E-state index contributed by atoms with van der Waals surface area (Å²) in [6.07, 6.45) is 5.74. The maximum absolute atomic E-state index is 9.90. The summed E-state index contributed by atoms with van der Waals surface area (Å²) in [6, 6.07) is 8.25. The Morgan fingerprint density at radius 1 is 1.24 bits per heavy atom. The van der Waals surface area contributed by atoms with E-state index >= 15 is 0 Å². The van der Waals surface area contributed by atoms with Gasteiger partial charge in [-0.05, 0) is 30.9 Å². The fourth-order valence-corrected chi connectivity index (χ4v) is 3.16. The molecule has 0 aliphatic heterocycles. The lowest BCUT2D eigenvalue weighted by atomic mass is 9.68. The molecule has 1 fully saturated rings. The van der Waals surface area contributed by atoms with Crippen molar-refractivity contribution in [2.75, 3.05) is 6.54 Å². The van der Waals surface area contributed by atoms with Crippen LogP contribution in [-0.4, -0.2) is 11.7 Å². The lowest BCUT2D eigenvalue weighted by Crippen LogP contribution is -2.38. The zero-order valence-corrected chi connectivity index (χ0v) is 10.7. The first kappa shape index (κ1) is 12.6. The summed E-state index contributed by atoms with van der Waals surface area (Å²) < 4.78 is 0. The summed E-state index contributed by atoms with van der Waals surface area (Å²) >= 11 is 0. The van der Waals surface area contributed by atoms with Crippen LogP contribution in [0, 0.1) is 0 Å². The number of hydrogen-bond donors (Lipinski definition) is 2. The van der Waals surface area contributed by atoms with E-state index in [0.717, 1.165) is 18.4 Å². The molecule has 94 valence electrons. The molecule has 0 heterocycles. The van der Waals surface area contributed by atoms with E-state index in [1.807, 2.05) is 19.1 Å². The summed E-state index contributed by atoms with van der Waals surface area (Å²) in [7, 11) is 0. The Morgan fingerprint density at radius 3 is 2.47 bits per heavy atom. The van der Waals surface area contributed by atoms with E-state index in [9.17, 15) is 5.11 Å². The molecule has 1 aromatic rings. The van der Waals surface area contributed by atoms with Crippen LogP contribution in [-0.2, 0) is 5.41 Å². The first-order chi connectivity index (χ1) is 8.19. The van der Waals surface area contributed by atoms with Gasteiger partial charge in [0.05, 0.1) is 6.10 Å². The Bertz CT molecular complexity index is 367. The highest BCUT2D eigenvalue weighted by molar-refractivity contribution is 5.36. The fourth-order valence-electron chi connectivity index (χ4n) is 3.16. The van der Waals surface area contributed by atoms with Gasteiger partial charge in [-0.3, -0.25) is 0 Å². The Morgan fingerprint density at radius 2 is 1.88 bits per heavy atom. The first-order valence-corrected chi connectivity index (χ1v) is 6.67. The summed E-state index contributed by atoms with van der Waals surface area (Å²) in [5.74, 6) is 0. The van der Waals surface area contributed by atoms with Gasteiger partial charge in [0.2, 0.25) is 0 Å². The summed E-state index contributed by atoms with van der Waals surface area (Å²) in [6.45, 7) is 2.53. The Labute approximate surface area is 104 Å². The maximum Gasteiger partial charge on any atom is 0.0764 e. The molecule has 0 bridgehead atoms. The third-order valence-corrected chi connectivity index (χ3v) is 4.18. The van der Waals surface area contributed by atoms with Gasteiger partial charge >= 0.3 is 0 Å². The molecule has 2 rings (SSSR count). The van der Waals surface area contributed by atoms with E-state index in [1.54, 1.807) is 0 Å². The molecule has 1 aliphatic carbocycles. The maximum atomic E-state index is 9.90. The fraction of sp³-hybridized carbons (Fsp3) is 0.600. The highest BCUT2D eigenvalue weighted by Gasteiger charge is 2.34. The largest absolute Gasteiger partial charge is 0.389 e. The molecule has 0 saturated heterocycles. The zero-order chi connectivity index (χ0) is 12.3. The molecule has 1 aromatic carbocycles. The minimum atomic E-state index is -0.406. The van der Waals surface area contributed by atoms with Crippen molar-refractivity contribution < 1.29 is 5.11 Å². The third kappa shape index (κ3) is 2.38. The van der Waals surface area contributed by atoms with Gasteiger partial charge in [0.25, 0.3) is 0 Å². The van der Waals surface area contributed by atoms with Gasteiger partial charge in [-0.15, -0.1) is 0 Å². The molecular weight excluding hydrogens is 210 g/mol. The molecule has 2 heteroatoms. The summed E-state index contributed by atoms with van der Waals surface area (Å²) in [5, 5.41) is 9.90. The van der Waals surface area contributed by atoms with Gasteiger partial charge < -0.3 is 10.8 Å². The quantitative estimate of drug-likeness (QED) is 0.843. The van der Waals surface area contributed by atoms with Crippen LogP contribution in [0.5, 0.6) is 0 Å². The molecule has 17 heavy (non-hydrogen) atoms. The SMILES string of the molecule is CC(O)c1ccccc1C1(CN)CCCCC1. The van der Waals surface area contributed by atoms with Crippen molar-refractivity contribution in [2.24, 2.45) is 5.73 Å². The highest BCUT2D eigenvalue weighted by Crippen LogP contribution is 2.41. The molecule has 1 atom stereocenters. The monoisotopic (exact) mass is 233 g/mol. The van der Waals surface area contributed by atoms with Crippen molar-refractivity contribution in [1.29, 1.82) is 0 Å². The van der Waals surface area contributed by atoms with Crippen molar-refractivity contribution in [2.45, 2.75) is 50.5 Å². The van der Waals surface area contributed by atoms with Crippen molar-refractivity contribution >= 4 is 0 Å². The van der Waals surface area contributed by atoms with E-state index < -0.39 is 6.10 Å². The van der Waals surface area contributed by atoms with Crippen molar-refractivity contribution in [3.05, 3.63) is 35.4 Å². The van der Waals surface area contributed by atoms with Crippen LogP contribution in [0.1, 0.15) is 56.3 Å². The minimum absolute atomic E-state index is 0.103. The van der Waals surface area contributed by atoms with E-state index in [-0.39, 0.29) is 5.41 Å². The van der Waals surface area contributed by atoms with Gasteiger partial charge in [0.15, 0.2) is 0 Å².